The fraction of sp³-hybridized carbons (Fsp3) is 0.333. The molecule has 1 fully saturated rings. The highest BCUT2D eigenvalue weighted by atomic mass is 19.1. The summed E-state index contributed by atoms with van der Waals surface area (Å²) in [7, 11) is 0. The Bertz CT molecular complexity index is 1260. The number of rotatable bonds is 4. The lowest BCUT2D eigenvalue weighted by Gasteiger charge is -2.43. The minimum absolute atomic E-state index is 0.0147. The van der Waals surface area contributed by atoms with Crippen molar-refractivity contribution in [3.8, 4) is 0 Å². The van der Waals surface area contributed by atoms with E-state index in [0.717, 1.165) is 47.4 Å². The number of nitrogens with one attached hydrogen (secondary N) is 1. The molecule has 6 heteroatoms. The Labute approximate surface area is 192 Å². The maximum Gasteiger partial charge on any atom is 0.328 e. The predicted molar refractivity (Wildman–Crippen MR) is 127 cm³/mol. The molecule has 0 amide bonds. The van der Waals surface area contributed by atoms with Crippen LogP contribution in [0, 0.1) is 22.5 Å². The number of H-pyrrole nitrogens is 1. The zero-order valence-electron chi connectivity index (χ0n) is 19.3. The Morgan fingerprint density at radius 2 is 1.70 bits per heavy atom. The van der Waals surface area contributed by atoms with Gasteiger partial charge in [0, 0.05) is 11.5 Å². The monoisotopic (exact) mass is 450 g/mol. The second-order valence-corrected chi connectivity index (χ2v) is 10.5. The smallest absolute Gasteiger partial charge is 0.328 e. The maximum absolute atomic E-state index is 15.5. The van der Waals surface area contributed by atoms with Crippen molar-refractivity contribution in [3.63, 3.8) is 0 Å². The van der Waals surface area contributed by atoms with E-state index in [-0.39, 0.29) is 22.0 Å². The molecule has 0 spiro atoms. The first-order valence-electron chi connectivity index (χ1n) is 11.0. The second-order valence-electron chi connectivity index (χ2n) is 10.5. The minimum Gasteiger partial charge on any atom is -0.478 e. The Morgan fingerprint density at radius 1 is 1.06 bits per heavy atom. The van der Waals surface area contributed by atoms with Crippen LogP contribution >= 0.6 is 0 Å². The van der Waals surface area contributed by atoms with Crippen molar-refractivity contribution in [2.24, 2.45) is 10.8 Å². The summed E-state index contributed by atoms with van der Waals surface area (Å²) in [6.45, 7) is 8.77. The molecule has 1 aliphatic rings. The van der Waals surface area contributed by atoms with Gasteiger partial charge in [0.2, 0.25) is 0 Å². The number of carboxylic acids is 1. The molecule has 0 aliphatic heterocycles. The summed E-state index contributed by atoms with van der Waals surface area (Å²) in [6, 6.07) is 8.03. The summed E-state index contributed by atoms with van der Waals surface area (Å²) in [5.41, 5.74) is 3.23. The Hall–Kier alpha value is -3.28. The maximum atomic E-state index is 15.5. The number of carboxylic acid groups (broad SMARTS) is 1. The van der Waals surface area contributed by atoms with Gasteiger partial charge in [-0.25, -0.2) is 13.6 Å². The standard InChI is InChI=1S/C27H28F2N2O2/c1-26(2)12-19(13-27(3,4)15-26)24(17-6-7-22-18(11-17)14-30-31-22)25-20(28)9-16(10-21(25)29)5-8-23(32)33/h5-11,14H,12-13,15H2,1-4H3,(H,30,31)(H,32,33)/b8-5+. The van der Waals surface area contributed by atoms with Gasteiger partial charge in [-0.1, -0.05) is 39.3 Å². The van der Waals surface area contributed by atoms with Crippen LogP contribution in [0.3, 0.4) is 0 Å². The number of aliphatic carboxylic acids is 1. The fourth-order valence-electron chi connectivity index (χ4n) is 5.53. The lowest BCUT2D eigenvalue weighted by atomic mass is 9.62. The molecule has 0 unspecified atom stereocenters. The van der Waals surface area contributed by atoms with Crippen molar-refractivity contribution < 1.29 is 18.7 Å². The van der Waals surface area contributed by atoms with Gasteiger partial charge in [-0.05, 0) is 77.1 Å². The average molecular weight is 451 g/mol. The highest BCUT2D eigenvalue weighted by Crippen LogP contribution is 2.51. The number of aromatic amines is 1. The zero-order valence-corrected chi connectivity index (χ0v) is 19.3. The minimum atomic E-state index is -1.18. The number of nitrogens with zero attached hydrogens (tertiary/aromatic N) is 1. The summed E-state index contributed by atoms with van der Waals surface area (Å²) in [5, 5.41) is 16.7. The topological polar surface area (TPSA) is 66.0 Å². The molecule has 33 heavy (non-hydrogen) atoms. The third-order valence-electron chi connectivity index (χ3n) is 6.16. The largest absolute Gasteiger partial charge is 0.478 e. The van der Waals surface area contributed by atoms with Gasteiger partial charge in [0.1, 0.15) is 11.6 Å². The molecule has 4 nitrogen and oxygen atoms in total. The van der Waals surface area contributed by atoms with E-state index in [9.17, 15) is 4.79 Å². The summed E-state index contributed by atoms with van der Waals surface area (Å²) in [4.78, 5) is 10.8. The van der Waals surface area contributed by atoms with Gasteiger partial charge in [-0.3, -0.25) is 5.10 Å². The number of aromatic nitrogens is 2. The first-order chi connectivity index (χ1) is 15.4. The lowest BCUT2D eigenvalue weighted by Crippen LogP contribution is -2.30. The van der Waals surface area contributed by atoms with Crippen LogP contribution in [0.5, 0.6) is 0 Å². The van der Waals surface area contributed by atoms with E-state index in [4.69, 9.17) is 5.11 Å². The molecule has 3 aromatic rings. The van der Waals surface area contributed by atoms with E-state index in [1.807, 2.05) is 18.2 Å². The number of hydrogen-bond acceptors (Lipinski definition) is 2. The molecule has 2 N–H and O–H groups in total. The van der Waals surface area contributed by atoms with E-state index in [2.05, 4.69) is 37.9 Å². The molecule has 0 atom stereocenters. The molecule has 1 heterocycles. The van der Waals surface area contributed by atoms with E-state index in [1.54, 1.807) is 6.20 Å². The van der Waals surface area contributed by atoms with E-state index in [1.165, 1.54) is 18.2 Å². The van der Waals surface area contributed by atoms with Gasteiger partial charge in [0.05, 0.1) is 17.3 Å². The number of halogens is 2. The van der Waals surface area contributed by atoms with Crippen LogP contribution < -0.4 is 0 Å². The molecule has 4 rings (SSSR count). The van der Waals surface area contributed by atoms with E-state index >= 15 is 8.78 Å². The summed E-state index contributed by atoms with van der Waals surface area (Å²) >= 11 is 0. The summed E-state index contributed by atoms with van der Waals surface area (Å²) in [5.74, 6) is -2.60. The third kappa shape index (κ3) is 4.90. The SMILES string of the molecule is CC1(C)CC(=C(c2ccc3[nH]ncc3c2)c2c(F)cc(/C=C/C(=O)O)cc2F)CC(C)(C)C1. The molecule has 2 aromatic carbocycles. The molecular weight excluding hydrogens is 422 g/mol. The van der Waals surface area contributed by atoms with Gasteiger partial charge in [-0.15, -0.1) is 0 Å². The van der Waals surface area contributed by atoms with E-state index < -0.39 is 17.6 Å². The lowest BCUT2D eigenvalue weighted by molar-refractivity contribution is -0.131. The predicted octanol–water partition coefficient (Wildman–Crippen LogP) is 6.98. The van der Waals surface area contributed by atoms with Crippen molar-refractivity contribution >= 4 is 28.5 Å². The van der Waals surface area contributed by atoms with Gasteiger partial charge in [-0.2, -0.15) is 5.10 Å². The van der Waals surface area contributed by atoms with Gasteiger partial charge in [0.25, 0.3) is 0 Å². The number of allylic oxidation sites excluding steroid dienone is 1. The first-order valence-corrected chi connectivity index (χ1v) is 11.0. The molecular formula is C27H28F2N2O2. The first kappa shape index (κ1) is 22.9. The van der Waals surface area contributed by atoms with Gasteiger partial charge >= 0.3 is 5.97 Å². The van der Waals surface area contributed by atoms with Crippen LogP contribution in [0.1, 0.15) is 63.6 Å². The highest BCUT2D eigenvalue weighted by Gasteiger charge is 2.37. The van der Waals surface area contributed by atoms with Crippen LogP contribution in [0.25, 0.3) is 22.6 Å². The number of carbonyl (C=O) groups is 1. The van der Waals surface area contributed by atoms with Crippen LogP contribution in [0.2, 0.25) is 0 Å². The average Bonchev–Trinajstić information content (AvgIpc) is 3.14. The Balaban J connectivity index is 1.97. The van der Waals surface area contributed by atoms with Crippen molar-refractivity contribution in [2.45, 2.75) is 47.0 Å². The zero-order chi connectivity index (χ0) is 24.0. The normalized spacial score (nSPS) is 17.6. The van der Waals surface area contributed by atoms with Crippen LogP contribution in [0.15, 0.2) is 48.2 Å². The van der Waals surface area contributed by atoms with Crippen molar-refractivity contribution in [3.05, 3.63) is 76.5 Å². The summed E-state index contributed by atoms with van der Waals surface area (Å²) in [6.07, 6.45) is 6.23. The number of fused-ring (bicyclic) bond motifs is 1. The van der Waals surface area contributed by atoms with Crippen molar-refractivity contribution in [1.29, 1.82) is 0 Å². The quantitative estimate of drug-likeness (QED) is 0.422. The van der Waals surface area contributed by atoms with Gasteiger partial charge in [0.15, 0.2) is 0 Å². The molecule has 1 saturated carbocycles. The molecule has 1 aliphatic carbocycles. The Morgan fingerprint density at radius 3 is 2.30 bits per heavy atom. The van der Waals surface area contributed by atoms with Crippen molar-refractivity contribution in [1.82, 2.24) is 10.2 Å². The molecule has 0 radical (unpaired) electrons. The van der Waals surface area contributed by atoms with Crippen LogP contribution in [-0.4, -0.2) is 21.3 Å². The molecule has 0 bridgehead atoms. The van der Waals surface area contributed by atoms with Crippen LogP contribution in [-0.2, 0) is 4.79 Å². The molecule has 172 valence electrons. The highest BCUT2D eigenvalue weighted by molar-refractivity contribution is 5.90. The molecule has 1 aromatic heterocycles. The van der Waals surface area contributed by atoms with Crippen LogP contribution in [0.4, 0.5) is 8.78 Å². The third-order valence-corrected chi connectivity index (χ3v) is 6.16. The number of benzene rings is 2. The van der Waals surface area contributed by atoms with E-state index in [0.29, 0.717) is 5.57 Å². The number of hydrogen-bond donors (Lipinski definition) is 2. The van der Waals surface area contributed by atoms with Gasteiger partial charge < -0.3 is 5.11 Å². The fourth-order valence-corrected chi connectivity index (χ4v) is 5.53. The Kier molecular flexibility index (Phi) is 5.72. The second kappa shape index (κ2) is 8.25. The molecule has 0 saturated heterocycles. The summed E-state index contributed by atoms with van der Waals surface area (Å²) < 4.78 is 31.0. The van der Waals surface area contributed by atoms with Crippen molar-refractivity contribution in [2.75, 3.05) is 0 Å².